The Hall–Kier alpha value is -4.37. The predicted molar refractivity (Wildman–Crippen MR) is 141 cm³/mol. The molecule has 1 aliphatic rings. The number of rotatable bonds is 3. The Morgan fingerprint density at radius 2 is 1.38 bits per heavy atom. The van der Waals surface area contributed by atoms with E-state index >= 15 is 0 Å². The van der Waals surface area contributed by atoms with Crippen LogP contribution in [0.15, 0.2) is 115 Å². The fourth-order valence-electron chi connectivity index (χ4n) is 5.38. The summed E-state index contributed by atoms with van der Waals surface area (Å²) >= 11 is 0. The molecule has 0 fully saturated rings. The van der Waals surface area contributed by atoms with Gasteiger partial charge >= 0.3 is 0 Å². The number of fused-ring (bicyclic) bond motifs is 5. The van der Waals surface area contributed by atoms with Crippen LogP contribution in [0.5, 0.6) is 0 Å². The summed E-state index contributed by atoms with van der Waals surface area (Å²) in [4.78, 5) is 7.30. The third-order valence-corrected chi connectivity index (χ3v) is 6.91. The molecule has 0 radical (unpaired) electrons. The SMILES string of the molecule is c1ccc(-c2ccc(-n3c4ccccc4c4c5c(ccc43)CCN5c3ccccc3)cn2)cc1. The molecular weight excluding hydrogens is 414 g/mol. The van der Waals surface area contributed by atoms with Crippen molar-refractivity contribution in [3.8, 4) is 16.9 Å². The first kappa shape index (κ1) is 19.1. The smallest absolute Gasteiger partial charge is 0.0703 e. The van der Waals surface area contributed by atoms with Crippen LogP contribution in [0.2, 0.25) is 0 Å². The van der Waals surface area contributed by atoms with Crippen molar-refractivity contribution in [2.24, 2.45) is 0 Å². The van der Waals surface area contributed by atoms with Crippen LogP contribution in [0.3, 0.4) is 0 Å². The van der Waals surface area contributed by atoms with Crippen molar-refractivity contribution in [3.63, 3.8) is 0 Å². The average molecular weight is 438 g/mol. The minimum Gasteiger partial charge on any atom is -0.340 e. The molecule has 2 aromatic heterocycles. The van der Waals surface area contributed by atoms with Gasteiger partial charge in [-0.2, -0.15) is 0 Å². The van der Waals surface area contributed by atoms with Gasteiger partial charge in [-0.3, -0.25) is 4.98 Å². The average Bonchev–Trinajstić information content (AvgIpc) is 3.49. The number of hydrogen-bond donors (Lipinski definition) is 0. The highest BCUT2D eigenvalue weighted by atomic mass is 15.2. The second kappa shape index (κ2) is 7.60. The van der Waals surface area contributed by atoms with Gasteiger partial charge in [-0.05, 0) is 48.4 Å². The molecule has 0 amide bonds. The zero-order valence-corrected chi connectivity index (χ0v) is 18.7. The molecule has 0 saturated heterocycles. The first-order valence-corrected chi connectivity index (χ1v) is 11.8. The summed E-state index contributed by atoms with van der Waals surface area (Å²) in [6.45, 7) is 1.01. The highest BCUT2D eigenvalue weighted by molar-refractivity contribution is 6.16. The van der Waals surface area contributed by atoms with Crippen molar-refractivity contribution in [1.29, 1.82) is 0 Å². The topological polar surface area (TPSA) is 21.1 Å². The number of hydrogen-bond acceptors (Lipinski definition) is 2. The third kappa shape index (κ3) is 2.87. The molecule has 0 bridgehead atoms. The van der Waals surface area contributed by atoms with Crippen LogP contribution in [0.1, 0.15) is 5.56 Å². The summed E-state index contributed by atoms with van der Waals surface area (Å²) < 4.78 is 2.36. The number of nitrogens with zero attached hydrogens (tertiary/aromatic N) is 3. The van der Waals surface area contributed by atoms with Crippen molar-refractivity contribution >= 4 is 33.2 Å². The first-order chi connectivity index (χ1) is 16.9. The van der Waals surface area contributed by atoms with E-state index in [1.165, 1.54) is 38.7 Å². The van der Waals surface area contributed by atoms with Crippen LogP contribution in [-0.2, 0) is 6.42 Å². The molecule has 1 aliphatic heterocycles. The molecule has 0 aliphatic carbocycles. The Morgan fingerprint density at radius 1 is 0.618 bits per heavy atom. The van der Waals surface area contributed by atoms with Crippen LogP contribution in [0.4, 0.5) is 11.4 Å². The fraction of sp³-hybridized carbons (Fsp3) is 0.0645. The Bertz CT molecular complexity index is 1630. The van der Waals surface area contributed by atoms with Crippen molar-refractivity contribution in [2.45, 2.75) is 6.42 Å². The van der Waals surface area contributed by atoms with Gasteiger partial charge in [0.05, 0.1) is 34.3 Å². The van der Waals surface area contributed by atoms with Crippen LogP contribution in [-0.4, -0.2) is 16.1 Å². The molecular formula is C31H23N3. The summed E-state index contributed by atoms with van der Waals surface area (Å²) in [7, 11) is 0. The Morgan fingerprint density at radius 3 is 2.18 bits per heavy atom. The molecule has 34 heavy (non-hydrogen) atoms. The molecule has 3 heterocycles. The zero-order chi connectivity index (χ0) is 22.5. The van der Waals surface area contributed by atoms with Crippen molar-refractivity contribution in [2.75, 3.05) is 11.4 Å². The van der Waals surface area contributed by atoms with Crippen molar-refractivity contribution < 1.29 is 0 Å². The molecule has 0 N–H and O–H groups in total. The van der Waals surface area contributed by atoms with Crippen LogP contribution in [0.25, 0.3) is 38.8 Å². The molecule has 4 aromatic carbocycles. The number of para-hydroxylation sites is 2. The molecule has 3 heteroatoms. The van der Waals surface area contributed by atoms with E-state index in [2.05, 4.69) is 113 Å². The number of benzene rings is 4. The first-order valence-electron chi connectivity index (χ1n) is 11.8. The fourth-order valence-corrected chi connectivity index (χ4v) is 5.38. The van der Waals surface area contributed by atoms with Gasteiger partial charge < -0.3 is 9.47 Å². The van der Waals surface area contributed by atoms with E-state index in [0.717, 1.165) is 29.9 Å². The summed E-state index contributed by atoms with van der Waals surface area (Å²) in [5.41, 5.74) is 9.63. The summed E-state index contributed by atoms with van der Waals surface area (Å²) in [5, 5.41) is 2.60. The standard InChI is InChI=1S/C31H23N3/c1-3-9-22(10-4-1)27-17-16-25(21-32-27)34-28-14-8-7-13-26(28)30-29(34)18-15-23-19-20-33(31(23)30)24-11-5-2-6-12-24/h1-18,21H,19-20H2. The minimum atomic E-state index is 0.987. The van der Waals surface area contributed by atoms with Gasteiger partial charge in [-0.15, -0.1) is 0 Å². The lowest BCUT2D eigenvalue weighted by atomic mass is 10.1. The van der Waals surface area contributed by atoms with Gasteiger partial charge in [0.25, 0.3) is 0 Å². The Labute approximate surface area is 198 Å². The van der Waals surface area contributed by atoms with E-state index in [1.807, 2.05) is 12.3 Å². The van der Waals surface area contributed by atoms with E-state index in [9.17, 15) is 0 Å². The molecule has 6 aromatic rings. The molecule has 7 rings (SSSR count). The zero-order valence-electron chi connectivity index (χ0n) is 18.7. The van der Waals surface area contributed by atoms with E-state index in [4.69, 9.17) is 4.98 Å². The largest absolute Gasteiger partial charge is 0.340 e. The maximum absolute atomic E-state index is 4.82. The Kier molecular flexibility index (Phi) is 4.28. The normalized spacial score (nSPS) is 13.0. The monoisotopic (exact) mass is 437 g/mol. The van der Waals surface area contributed by atoms with Gasteiger partial charge in [-0.1, -0.05) is 72.8 Å². The minimum absolute atomic E-state index is 0.987. The highest BCUT2D eigenvalue weighted by Crippen LogP contribution is 2.45. The van der Waals surface area contributed by atoms with Crippen LogP contribution in [0, 0.1) is 0 Å². The summed E-state index contributed by atoms with van der Waals surface area (Å²) in [6.07, 6.45) is 3.06. The highest BCUT2D eigenvalue weighted by Gasteiger charge is 2.26. The second-order valence-electron chi connectivity index (χ2n) is 8.82. The second-order valence-corrected chi connectivity index (χ2v) is 8.82. The molecule has 3 nitrogen and oxygen atoms in total. The van der Waals surface area contributed by atoms with Crippen LogP contribution >= 0.6 is 0 Å². The van der Waals surface area contributed by atoms with E-state index in [0.29, 0.717) is 0 Å². The lowest BCUT2D eigenvalue weighted by molar-refractivity contribution is 1.000. The molecule has 0 spiro atoms. The van der Waals surface area contributed by atoms with Gasteiger partial charge in [0, 0.05) is 28.6 Å². The van der Waals surface area contributed by atoms with Crippen molar-refractivity contribution in [1.82, 2.24) is 9.55 Å². The van der Waals surface area contributed by atoms with Crippen molar-refractivity contribution in [3.05, 3.63) is 121 Å². The lowest BCUT2D eigenvalue weighted by Gasteiger charge is -2.21. The molecule has 0 unspecified atom stereocenters. The quantitative estimate of drug-likeness (QED) is 0.285. The summed E-state index contributed by atoms with van der Waals surface area (Å²) in [5.74, 6) is 0. The molecule has 0 atom stereocenters. The Balaban J connectivity index is 1.46. The maximum Gasteiger partial charge on any atom is 0.0703 e. The third-order valence-electron chi connectivity index (χ3n) is 6.91. The molecule has 162 valence electrons. The number of aromatic nitrogens is 2. The van der Waals surface area contributed by atoms with Crippen LogP contribution < -0.4 is 4.90 Å². The van der Waals surface area contributed by atoms with Gasteiger partial charge in [0.15, 0.2) is 0 Å². The van der Waals surface area contributed by atoms with E-state index in [1.54, 1.807) is 0 Å². The van der Waals surface area contributed by atoms with E-state index < -0.39 is 0 Å². The van der Waals surface area contributed by atoms with Gasteiger partial charge in [0.2, 0.25) is 0 Å². The number of pyridine rings is 1. The lowest BCUT2D eigenvalue weighted by Crippen LogP contribution is -2.13. The maximum atomic E-state index is 4.82. The van der Waals surface area contributed by atoms with Gasteiger partial charge in [-0.25, -0.2) is 0 Å². The van der Waals surface area contributed by atoms with Gasteiger partial charge in [0.1, 0.15) is 0 Å². The van der Waals surface area contributed by atoms with E-state index in [-0.39, 0.29) is 0 Å². The summed E-state index contributed by atoms with van der Waals surface area (Å²) in [6, 6.07) is 38.7. The molecule has 0 saturated carbocycles. The predicted octanol–water partition coefficient (Wildman–Crippen LogP) is 7.54. The number of anilines is 2.